The summed E-state index contributed by atoms with van der Waals surface area (Å²) in [5.41, 5.74) is 2.75. The van der Waals surface area contributed by atoms with Crippen LogP contribution in [0.2, 0.25) is 5.02 Å². The van der Waals surface area contributed by atoms with Crippen molar-refractivity contribution >= 4 is 30.2 Å². The van der Waals surface area contributed by atoms with Crippen molar-refractivity contribution in [3.05, 3.63) is 58.6 Å². The van der Waals surface area contributed by atoms with Gasteiger partial charge in [-0.15, -0.1) is 0 Å². The van der Waals surface area contributed by atoms with Crippen LogP contribution in [0.3, 0.4) is 0 Å². The third-order valence-corrected chi connectivity index (χ3v) is 3.36. The maximum atomic E-state index is 11.0. The maximum absolute atomic E-state index is 11.0. The summed E-state index contributed by atoms with van der Waals surface area (Å²) in [7, 11) is 0. The number of hydrogen-bond donors (Lipinski definition) is 2. The molecule has 0 spiro atoms. The second-order valence-corrected chi connectivity index (χ2v) is 4.54. The fourth-order valence-corrected chi connectivity index (χ4v) is 2.30. The molecule has 0 unspecified atom stereocenters. The van der Waals surface area contributed by atoms with Crippen LogP contribution in [0.5, 0.6) is 0 Å². The largest absolute Gasteiger partial charge is 0.478 e. The predicted molar refractivity (Wildman–Crippen MR) is 76.5 cm³/mol. The number of rotatable bonds is 3. The van der Waals surface area contributed by atoms with Crippen LogP contribution in [-0.2, 0) is 5.75 Å². The van der Waals surface area contributed by atoms with Crippen LogP contribution in [0.15, 0.2) is 42.5 Å². The molecule has 18 heavy (non-hydrogen) atoms. The summed E-state index contributed by atoms with van der Waals surface area (Å²) >= 11 is 10.3. The second kappa shape index (κ2) is 5.46. The molecule has 2 rings (SSSR count). The Morgan fingerprint density at radius 2 is 1.94 bits per heavy atom. The topological polar surface area (TPSA) is 37.3 Å². The Morgan fingerprint density at radius 1 is 1.22 bits per heavy atom. The van der Waals surface area contributed by atoms with Gasteiger partial charge >= 0.3 is 5.97 Å². The number of hydrogen-bond acceptors (Lipinski definition) is 2. The average Bonchev–Trinajstić information content (AvgIpc) is 2.38. The molecule has 0 saturated carbocycles. The fraction of sp³-hybridized carbons (Fsp3) is 0.0714. The van der Waals surface area contributed by atoms with E-state index in [0.717, 1.165) is 11.1 Å². The molecule has 0 atom stereocenters. The van der Waals surface area contributed by atoms with Crippen molar-refractivity contribution in [2.45, 2.75) is 5.75 Å². The lowest BCUT2D eigenvalue weighted by atomic mass is 10.00. The molecule has 0 aliphatic heterocycles. The number of halogens is 1. The van der Waals surface area contributed by atoms with Crippen LogP contribution in [0.25, 0.3) is 11.1 Å². The van der Waals surface area contributed by atoms with Crippen LogP contribution in [0.1, 0.15) is 15.9 Å². The first-order valence-electron chi connectivity index (χ1n) is 5.35. The van der Waals surface area contributed by atoms with Crippen molar-refractivity contribution in [3.63, 3.8) is 0 Å². The van der Waals surface area contributed by atoms with Gasteiger partial charge in [0.15, 0.2) is 0 Å². The van der Waals surface area contributed by atoms with Crippen LogP contribution in [0, 0.1) is 0 Å². The normalized spacial score (nSPS) is 10.3. The quantitative estimate of drug-likeness (QED) is 0.828. The first kappa shape index (κ1) is 13.0. The molecule has 0 aliphatic carbocycles. The van der Waals surface area contributed by atoms with E-state index >= 15 is 0 Å². The van der Waals surface area contributed by atoms with Crippen molar-refractivity contribution in [1.82, 2.24) is 0 Å². The highest BCUT2D eigenvalue weighted by Crippen LogP contribution is 2.29. The van der Waals surface area contributed by atoms with Gasteiger partial charge in [0.05, 0.1) is 5.56 Å². The van der Waals surface area contributed by atoms with Gasteiger partial charge in [0.1, 0.15) is 0 Å². The minimum Gasteiger partial charge on any atom is -0.478 e. The zero-order valence-corrected chi connectivity index (χ0v) is 11.1. The van der Waals surface area contributed by atoms with Gasteiger partial charge in [0.25, 0.3) is 0 Å². The number of thiol groups is 1. The third-order valence-electron chi connectivity index (χ3n) is 2.69. The lowest BCUT2D eigenvalue weighted by Crippen LogP contribution is -2.01. The van der Waals surface area contributed by atoms with Gasteiger partial charge < -0.3 is 5.11 Å². The van der Waals surface area contributed by atoms with Gasteiger partial charge in [0, 0.05) is 16.3 Å². The SMILES string of the molecule is O=C(O)c1ccc(-c2ccccc2Cl)cc1CS. The molecular formula is C14H11ClO2S. The highest BCUT2D eigenvalue weighted by molar-refractivity contribution is 7.79. The van der Waals surface area contributed by atoms with Crippen LogP contribution < -0.4 is 0 Å². The highest BCUT2D eigenvalue weighted by Gasteiger charge is 2.11. The molecule has 1 N–H and O–H groups in total. The van der Waals surface area contributed by atoms with Crippen molar-refractivity contribution in [2.75, 3.05) is 0 Å². The molecule has 0 heterocycles. The first-order chi connectivity index (χ1) is 8.63. The Labute approximate surface area is 116 Å². The lowest BCUT2D eigenvalue weighted by molar-refractivity contribution is 0.0696. The Kier molecular flexibility index (Phi) is 3.94. The molecule has 0 amide bonds. The molecular weight excluding hydrogens is 268 g/mol. The molecule has 2 aromatic carbocycles. The predicted octanol–water partition coefficient (Wildman–Crippen LogP) is 4.14. The van der Waals surface area contributed by atoms with E-state index in [1.165, 1.54) is 0 Å². The monoisotopic (exact) mass is 278 g/mol. The smallest absolute Gasteiger partial charge is 0.335 e. The van der Waals surface area contributed by atoms with E-state index < -0.39 is 5.97 Å². The van der Waals surface area contributed by atoms with Gasteiger partial charge in [-0.2, -0.15) is 12.6 Å². The third kappa shape index (κ3) is 2.52. The molecule has 2 aromatic rings. The maximum Gasteiger partial charge on any atom is 0.335 e. The van der Waals surface area contributed by atoms with Crippen molar-refractivity contribution in [1.29, 1.82) is 0 Å². The van der Waals surface area contributed by atoms with Crippen molar-refractivity contribution < 1.29 is 9.90 Å². The number of aromatic carboxylic acids is 1. The number of carboxylic acid groups (broad SMARTS) is 1. The minimum absolute atomic E-state index is 0.279. The van der Waals surface area contributed by atoms with Crippen LogP contribution in [-0.4, -0.2) is 11.1 Å². The molecule has 0 aromatic heterocycles. The summed E-state index contributed by atoms with van der Waals surface area (Å²) in [6.07, 6.45) is 0. The Balaban J connectivity index is 2.55. The van der Waals surface area contributed by atoms with Gasteiger partial charge in [0.2, 0.25) is 0 Å². The van der Waals surface area contributed by atoms with E-state index in [2.05, 4.69) is 12.6 Å². The fourth-order valence-electron chi connectivity index (χ4n) is 1.80. The Bertz CT molecular complexity index is 596. The van der Waals surface area contributed by atoms with E-state index in [4.69, 9.17) is 16.7 Å². The highest BCUT2D eigenvalue weighted by atomic mass is 35.5. The standard InChI is InChI=1S/C14H11ClO2S/c15-13-4-2-1-3-11(13)9-5-6-12(14(16)17)10(7-9)8-18/h1-7,18H,8H2,(H,16,17). The lowest BCUT2D eigenvalue weighted by Gasteiger charge is -2.08. The molecule has 0 aliphatic rings. The Morgan fingerprint density at radius 3 is 2.56 bits per heavy atom. The molecule has 0 fully saturated rings. The van der Waals surface area contributed by atoms with Gasteiger partial charge in [-0.1, -0.05) is 35.9 Å². The van der Waals surface area contributed by atoms with E-state index in [1.54, 1.807) is 12.1 Å². The van der Waals surface area contributed by atoms with E-state index in [1.807, 2.05) is 30.3 Å². The molecule has 0 bridgehead atoms. The molecule has 0 radical (unpaired) electrons. The summed E-state index contributed by atoms with van der Waals surface area (Å²) in [4.78, 5) is 11.0. The molecule has 0 saturated heterocycles. The average molecular weight is 279 g/mol. The Hall–Kier alpha value is -1.45. The van der Waals surface area contributed by atoms with E-state index in [-0.39, 0.29) is 5.56 Å². The van der Waals surface area contributed by atoms with Crippen LogP contribution >= 0.6 is 24.2 Å². The molecule has 4 heteroatoms. The zero-order valence-electron chi connectivity index (χ0n) is 9.43. The molecule has 2 nitrogen and oxygen atoms in total. The summed E-state index contributed by atoms with van der Waals surface area (Å²) in [5.74, 6) is -0.565. The van der Waals surface area contributed by atoms with E-state index in [9.17, 15) is 4.79 Å². The number of benzene rings is 2. The summed E-state index contributed by atoms with van der Waals surface area (Å²) in [5, 5.41) is 9.70. The van der Waals surface area contributed by atoms with Gasteiger partial charge in [-0.05, 0) is 29.3 Å². The zero-order chi connectivity index (χ0) is 13.1. The summed E-state index contributed by atoms with van der Waals surface area (Å²) < 4.78 is 0. The van der Waals surface area contributed by atoms with Gasteiger partial charge in [-0.3, -0.25) is 0 Å². The van der Waals surface area contributed by atoms with Crippen molar-refractivity contribution in [3.8, 4) is 11.1 Å². The van der Waals surface area contributed by atoms with Gasteiger partial charge in [-0.25, -0.2) is 4.79 Å². The summed E-state index contributed by atoms with van der Waals surface area (Å²) in [6.45, 7) is 0. The minimum atomic E-state index is -0.940. The number of carboxylic acids is 1. The first-order valence-corrected chi connectivity index (χ1v) is 6.36. The second-order valence-electron chi connectivity index (χ2n) is 3.82. The van der Waals surface area contributed by atoms with E-state index in [0.29, 0.717) is 16.3 Å². The van der Waals surface area contributed by atoms with Crippen LogP contribution in [0.4, 0.5) is 0 Å². The number of carbonyl (C=O) groups is 1. The van der Waals surface area contributed by atoms with Crippen molar-refractivity contribution in [2.24, 2.45) is 0 Å². The molecule has 92 valence electrons. The summed E-state index contributed by atoms with van der Waals surface area (Å²) in [6, 6.07) is 12.6.